The Morgan fingerprint density at radius 3 is 2.79 bits per heavy atom. The number of para-hydroxylation sites is 1. The van der Waals surface area contributed by atoms with Crippen LogP contribution in [-0.4, -0.2) is 39.5 Å². The third kappa shape index (κ3) is 3.13. The highest BCUT2D eigenvalue weighted by Crippen LogP contribution is 2.32. The molecule has 0 spiro atoms. The number of carboxylic acid groups (broad SMARTS) is 1. The molecular formula is C18H21ClN2O3. The Bertz CT molecular complexity index is 745. The van der Waals surface area contributed by atoms with E-state index in [0.717, 1.165) is 23.7 Å². The summed E-state index contributed by atoms with van der Waals surface area (Å²) < 4.78 is 1.85. The maximum absolute atomic E-state index is 13.0. The summed E-state index contributed by atoms with van der Waals surface area (Å²) in [5.74, 6) is -0.610. The van der Waals surface area contributed by atoms with Gasteiger partial charge >= 0.3 is 5.97 Å². The van der Waals surface area contributed by atoms with Gasteiger partial charge < -0.3 is 14.6 Å². The van der Waals surface area contributed by atoms with E-state index < -0.39 is 5.97 Å². The summed E-state index contributed by atoms with van der Waals surface area (Å²) in [7, 11) is 1.85. The average molecular weight is 349 g/mol. The fourth-order valence-corrected chi connectivity index (χ4v) is 3.91. The van der Waals surface area contributed by atoms with Crippen LogP contribution in [0.15, 0.2) is 24.3 Å². The van der Waals surface area contributed by atoms with Gasteiger partial charge in [-0.1, -0.05) is 29.8 Å². The molecule has 1 fully saturated rings. The number of halogens is 1. The van der Waals surface area contributed by atoms with E-state index in [1.54, 1.807) is 0 Å². The number of aromatic nitrogens is 1. The molecule has 1 amide bonds. The van der Waals surface area contributed by atoms with Crippen molar-refractivity contribution in [1.82, 2.24) is 9.47 Å². The third-order valence-corrected chi connectivity index (χ3v) is 5.20. The zero-order chi connectivity index (χ0) is 17.3. The van der Waals surface area contributed by atoms with Gasteiger partial charge in [0.2, 0.25) is 0 Å². The van der Waals surface area contributed by atoms with Crippen molar-refractivity contribution in [3.8, 4) is 0 Å². The first-order valence-corrected chi connectivity index (χ1v) is 8.60. The molecule has 1 aromatic carbocycles. The van der Waals surface area contributed by atoms with Crippen molar-refractivity contribution >= 4 is 34.4 Å². The zero-order valence-corrected chi connectivity index (χ0v) is 14.4. The second-order valence-corrected chi connectivity index (χ2v) is 6.81. The molecule has 0 radical (unpaired) electrons. The number of aliphatic carboxylic acids is 1. The molecule has 24 heavy (non-hydrogen) atoms. The molecule has 6 heteroatoms. The Morgan fingerprint density at radius 2 is 2.08 bits per heavy atom. The lowest BCUT2D eigenvalue weighted by Crippen LogP contribution is -2.40. The maximum Gasteiger partial charge on any atom is 0.303 e. The lowest BCUT2D eigenvalue weighted by atomic mass is 9.93. The van der Waals surface area contributed by atoms with Crippen LogP contribution in [0.5, 0.6) is 0 Å². The van der Waals surface area contributed by atoms with Crippen molar-refractivity contribution in [2.24, 2.45) is 13.0 Å². The number of hydrogen-bond acceptors (Lipinski definition) is 2. The number of carbonyl (C=O) groups excluding carboxylic acids is 1. The summed E-state index contributed by atoms with van der Waals surface area (Å²) in [5.41, 5.74) is 1.45. The van der Waals surface area contributed by atoms with Crippen LogP contribution < -0.4 is 0 Å². The van der Waals surface area contributed by atoms with Crippen LogP contribution in [-0.2, 0) is 11.8 Å². The molecule has 1 N–H and O–H groups in total. The van der Waals surface area contributed by atoms with Gasteiger partial charge in [-0.15, -0.1) is 0 Å². The molecule has 1 saturated heterocycles. The van der Waals surface area contributed by atoms with Crippen LogP contribution in [0.3, 0.4) is 0 Å². The fourth-order valence-electron chi connectivity index (χ4n) is 3.55. The van der Waals surface area contributed by atoms with Crippen LogP contribution in [0, 0.1) is 5.92 Å². The highest BCUT2D eigenvalue weighted by atomic mass is 35.5. The minimum absolute atomic E-state index is 0.0706. The molecule has 0 bridgehead atoms. The molecule has 0 aliphatic carbocycles. The molecule has 1 aromatic heterocycles. The molecule has 1 aliphatic heterocycles. The summed E-state index contributed by atoms with van der Waals surface area (Å²) in [6, 6.07) is 7.70. The Labute approximate surface area is 145 Å². The molecule has 1 atom stereocenters. The monoisotopic (exact) mass is 348 g/mol. The van der Waals surface area contributed by atoms with Crippen molar-refractivity contribution in [3.63, 3.8) is 0 Å². The Balaban J connectivity index is 1.82. The molecule has 128 valence electrons. The van der Waals surface area contributed by atoms with E-state index in [0.29, 0.717) is 30.2 Å². The minimum Gasteiger partial charge on any atom is -0.481 e. The highest BCUT2D eigenvalue weighted by molar-refractivity contribution is 6.38. The van der Waals surface area contributed by atoms with Gasteiger partial charge in [-0.25, -0.2) is 0 Å². The number of fused-ring (bicyclic) bond motifs is 1. The first-order valence-electron chi connectivity index (χ1n) is 8.23. The lowest BCUT2D eigenvalue weighted by molar-refractivity contribution is -0.137. The van der Waals surface area contributed by atoms with Crippen LogP contribution in [0.2, 0.25) is 5.02 Å². The SMILES string of the molecule is Cn1c(C(=O)N2CCC[C@@H](CCC(=O)O)C2)c(Cl)c2ccccc21. The minimum atomic E-state index is -0.782. The first kappa shape index (κ1) is 16.8. The largest absolute Gasteiger partial charge is 0.481 e. The number of likely N-dealkylation sites (tertiary alicyclic amines) is 1. The Hall–Kier alpha value is -2.01. The fraction of sp³-hybridized carbons (Fsp3) is 0.444. The summed E-state index contributed by atoms with van der Waals surface area (Å²) in [5, 5.41) is 10.2. The van der Waals surface area contributed by atoms with Gasteiger partial charge in [0.1, 0.15) is 5.69 Å². The summed E-state index contributed by atoms with van der Waals surface area (Å²) >= 11 is 6.47. The number of piperidine rings is 1. The molecule has 5 nitrogen and oxygen atoms in total. The predicted octanol–water partition coefficient (Wildman–Crippen LogP) is 3.55. The standard InChI is InChI=1S/C18H21ClN2O3/c1-20-14-7-3-2-6-13(14)16(19)17(20)18(24)21-10-4-5-12(11-21)8-9-15(22)23/h2-3,6-7,12H,4-5,8-11H2,1H3,(H,22,23)/t12-/m0/s1. The number of benzene rings is 1. The van der Waals surface area contributed by atoms with Gasteiger partial charge in [-0.2, -0.15) is 0 Å². The average Bonchev–Trinajstić information content (AvgIpc) is 2.84. The van der Waals surface area contributed by atoms with Crippen molar-refractivity contribution in [2.45, 2.75) is 25.7 Å². The third-order valence-electron chi connectivity index (χ3n) is 4.82. The van der Waals surface area contributed by atoms with Crippen LogP contribution in [0.4, 0.5) is 0 Å². The van der Waals surface area contributed by atoms with Gasteiger partial charge in [0.25, 0.3) is 5.91 Å². The normalized spacial score (nSPS) is 18.1. The summed E-state index contributed by atoms with van der Waals surface area (Å²) in [6.07, 6.45) is 2.64. The number of hydrogen-bond donors (Lipinski definition) is 1. The number of aryl methyl sites for hydroxylation is 1. The second-order valence-electron chi connectivity index (χ2n) is 6.43. The maximum atomic E-state index is 13.0. The van der Waals surface area contributed by atoms with Gasteiger partial charge in [0.05, 0.1) is 5.02 Å². The summed E-state index contributed by atoms with van der Waals surface area (Å²) in [4.78, 5) is 25.6. The summed E-state index contributed by atoms with van der Waals surface area (Å²) in [6.45, 7) is 1.30. The molecule has 2 heterocycles. The van der Waals surface area contributed by atoms with Crippen LogP contribution in [0.1, 0.15) is 36.2 Å². The molecule has 3 rings (SSSR count). The van der Waals surface area contributed by atoms with Gasteiger partial charge in [-0.3, -0.25) is 9.59 Å². The first-order chi connectivity index (χ1) is 11.5. The topological polar surface area (TPSA) is 62.5 Å². The van der Waals surface area contributed by atoms with E-state index in [4.69, 9.17) is 16.7 Å². The molecule has 0 unspecified atom stereocenters. The molecular weight excluding hydrogens is 328 g/mol. The van der Waals surface area contributed by atoms with Crippen molar-refractivity contribution in [2.75, 3.05) is 13.1 Å². The van der Waals surface area contributed by atoms with Crippen molar-refractivity contribution in [1.29, 1.82) is 0 Å². The predicted molar refractivity (Wildman–Crippen MR) is 93.4 cm³/mol. The van der Waals surface area contributed by atoms with Crippen LogP contribution in [0.25, 0.3) is 10.9 Å². The number of carbonyl (C=O) groups is 2. The van der Waals surface area contributed by atoms with Crippen molar-refractivity contribution in [3.05, 3.63) is 35.0 Å². The number of amides is 1. The second kappa shape index (κ2) is 6.85. The van der Waals surface area contributed by atoms with E-state index in [1.165, 1.54) is 0 Å². The van der Waals surface area contributed by atoms with Crippen molar-refractivity contribution < 1.29 is 14.7 Å². The van der Waals surface area contributed by atoms with E-state index in [1.807, 2.05) is 40.8 Å². The highest BCUT2D eigenvalue weighted by Gasteiger charge is 2.28. The van der Waals surface area contributed by atoms with Gasteiger partial charge in [0.15, 0.2) is 0 Å². The van der Waals surface area contributed by atoms with Crippen LogP contribution >= 0.6 is 11.6 Å². The molecule has 1 aliphatic rings. The van der Waals surface area contributed by atoms with Gasteiger partial charge in [0, 0.05) is 37.5 Å². The number of carboxylic acids is 1. The smallest absolute Gasteiger partial charge is 0.303 e. The Morgan fingerprint density at radius 1 is 1.33 bits per heavy atom. The number of rotatable bonds is 4. The van der Waals surface area contributed by atoms with E-state index in [2.05, 4.69) is 0 Å². The molecule has 2 aromatic rings. The number of nitrogens with zero attached hydrogens (tertiary/aromatic N) is 2. The Kier molecular flexibility index (Phi) is 4.81. The quantitative estimate of drug-likeness (QED) is 0.919. The van der Waals surface area contributed by atoms with E-state index >= 15 is 0 Å². The zero-order valence-electron chi connectivity index (χ0n) is 13.7. The lowest BCUT2D eigenvalue weighted by Gasteiger charge is -2.32. The van der Waals surface area contributed by atoms with E-state index in [-0.39, 0.29) is 18.2 Å². The van der Waals surface area contributed by atoms with Gasteiger partial charge in [-0.05, 0) is 31.2 Å². The van der Waals surface area contributed by atoms with E-state index in [9.17, 15) is 9.59 Å². The molecule has 0 saturated carbocycles.